The molecule has 1 aromatic rings. The van der Waals surface area contributed by atoms with E-state index in [9.17, 15) is 9.59 Å². The molecule has 0 unspecified atom stereocenters. The highest BCUT2D eigenvalue weighted by Crippen LogP contribution is 2.16. The highest BCUT2D eigenvalue weighted by atomic mass is 16.4. The van der Waals surface area contributed by atoms with E-state index in [2.05, 4.69) is 15.6 Å². The lowest BCUT2D eigenvalue weighted by atomic mass is 10.1. The maximum Gasteiger partial charge on any atom is 0.541 e. The molecule has 0 aromatic carbocycles. The van der Waals surface area contributed by atoms with Crippen LogP contribution in [0, 0.1) is 0 Å². The van der Waals surface area contributed by atoms with Gasteiger partial charge in [-0.25, -0.2) is 4.98 Å². The number of fused-ring (bicyclic) bond motifs is 1. The van der Waals surface area contributed by atoms with Gasteiger partial charge < -0.3 is 15.7 Å². The first-order valence-electron chi connectivity index (χ1n) is 5.58. The smallest absolute Gasteiger partial charge is 0.541 e. The highest BCUT2D eigenvalue weighted by Gasteiger charge is 2.11. The molecule has 6 nitrogen and oxygen atoms in total. The summed E-state index contributed by atoms with van der Waals surface area (Å²) in [5.74, 6) is -0.0204. The molecule has 94 valence electrons. The summed E-state index contributed by atoms with van der Waals surface area (Å²) >= 11 is 0. The van der Waals surface area contributed by atoms with Crippen LogP contribution in [-0.4, -0.2) is 28.5 Å². The van der Waals surface area contributed by atoms with Crippen LogP contribution in [0.5, 0.6) is 0 Å². The van der Waals surface area contributed by atoms with Gasteiger partial charge in [0.2, 0.25) is 5.91 Å². The van der Waals surface area contributed by atoms with Crippen molar-refractivity contribution in [3.05, 3.63) is 29.5 Å². The minimum Gasteiger partial charge on any atom is -0.561 e. The zero-order valence-corrected chi connectivity index (χ0v) is 9.69. The Labute approximate surface area is 104 Å². The molecule has 0 aliphatic carbocycles. The minimum atomic E-state index is -0.756. The summed E-state index contributed by atoms with van der Waals surface area (Å²) in [6, 6.07) is 1.83. The Hall–Kier alpha value is -2.37. The fourth-order valence-corrected chi connectivity index (χ4v) is 1.66. The third-order valence-corrected chi connectivity index (χ3v) is 2.54. The van der Waals surface area contributed by atoms with Crippen molar-refractivity contribution in [2.75, 3.05) is 11.9 Å². The minimum absolute atomic E-state index is 0.00423. The molecule has 2 heterocycles. The molecule has 0 fully saturated rings. The predicted molar refractivity (Wildman–Crippen MR) is 66.8 cm³/mol. The SMILES string of the molecule is O=C([OH2+])/C=C/c1cnc2c(c1)CNC(=O)CCN2. The van der Waals surface area contributed by atoms with E-state index in [-0.39, 0.29) is 5.91 Å². The van der Waals surface area contributed by atoms with Crippen LogP contribution in [0.3, 0.4) is 0 Å². The van der Waals surface area contributed by atoms with Crippen molar-refractivity contribution in [2.24, 2.45) is 0 Å². The molecule has 0 radical (unpaired) electrons. The van der Waals surface area contributed by atoms with Crippen LogP contribution >= 0.6 is 0 Å². The molecule has 1 aromatic heterocycles. The lowest BCUT2D eigenvalue weighted by molar-refractivity contribution is -0.131. The summed E-state index contributed by atoms with van der Waals surface area (Å²) in [5, 5.41) is 12.7. The molecule has 0 saturated heterocycles. The van der Waals surface area contributed by atoms with E-state index in [0.29, 0.717) is 19.5 Å². The molecule has 2 rings (SSSR count). The van der Waals surface area contributed by atoms with Gasteiger partial charge in [0.15, 0.2) is 0 Å². The van der Waals surface area contributed by atoms with Crippen molar-refractivity contribution < 1.29 is 14.7 Å². The molecule has 0 atom stereocenters. The van der Waals surface area contributed by atoms with Gasteiger partial charge in [-0.15, -0.1) is 0 Å². The average molecular weight is 248 g/mol. The normalized spacial score (nSPS) is 15.2. The summed E-state index contributed by atoms with van der Waals surface area (Å²) in [6.07, 6.45) is 4.74. The number of hydrogen-bond donors (Lipinski definition) is 2. The fraction of sp³-hybridized carbons (Fsp3) is 0.250. The number of carbonyl (C=O) groups is 2. The van der Waals surface area contributed by atoms with E-state index in [0.717, 1.165) is 16.9 Å². The quantitative estimate of drug-likeness (QED) is 0.558. The lowest BCUT2D eigenvalue weighted by Crippen LogP contribution is -2.28. The maximum atomic E-state index is 11.3. The first-order valence-corrected chi connectivity index (χ1v) is 5.58. The number of rotatable bonds is 2. The molecule has 4 N–H and O–H groups in total. The number of anilines is 1. The van der Waals surface area contributed by atoms with Gasteiger partial charge in [-0.1, -0.05) is 0 Å². The zero-order valence-electron chi connectivity index (χ0n) is 9.69. The number of nitrogens with one attached hydrogen (secondary N) is 2. The Morgan fingerprint density at radius 1 is 1.44 bits per heavy atom. The monoisotopic (exact) mass is 248 g/mol. The molecule has 0 bridgehead atoms. The van der Waals surface area contributed by atoms with Crippen molar-refractivity contribution in [3.8, 4) is 0 Å². The Kier molecular flexibility index (Phi) is 3.57. The number of aromatic nitrogens is 1. The Morgan fingerprint density at radius 3 is 3.06 bits per heavy atom. The third kappa shape index (κ3) is 3.07. The molecule has 1 aliphatic heterocycles. The third-order valence-electron chi connectivity index (χ3n) is 2.54. The lowest BCUT2D eigenvalue weighted by Gasteiger charge is -2.15. The van der Waals surface area contributed by atoms with E-state index in [1.807, 2.05) is 6.07 Å². The molecule has 1 amide bonds. The Bertz CT molecular complexity index is 511. The second kappa shape index (κ2) is 5.31. The topological polar surface area (TPSA) is 94.0 Å². The second-order valence-corrected chi connectivity index (χ2v) is 3.93. The summed E-state index contributed by atoms with van der Waals surface area (Å²) in [4.78, 5) is 26.1. The van der Waals surface area contributed by atoms with Crippen molar-refractivity contribution in [3.63, 3.8) is 0 Å². The van der Waals surface area contributed by atoms with E-state index in [1.54, 1.807) is 6.20 Å². The van der Waals surface area contributed by atoms with E-state index in [1.165, 1.54) is 12.2 Å². The van der Waals surface area contributed by atoms with Gasteiger partial charge in [0.25, 0.3) is 0 Å². The first kappa shape index (κ1) is 12.1. The standard InChI is InChI=1S/C12H13N3O3/c16-10-3-4-13-12-9(7-14-10)5-8(6-15-12)1-2-11(17)18/h1-2,5-6H,3-4,7H2,(H,13,15)(H,14,16)(H,17,18)/p+1/b2-1+. The van der Waals surface area contributed by atoms with Crippen molar-refractivity contribution >= 4 is 23.8 Å². The van der Waals surface area contributed by atoms with Gasteiger partial charge in [-0.05, 0) is 17.7 Å². The van der Waals surface area contributed by atoms with Gasteiger partial charge in [-0.3, -0.25) is 4.79 Å². The zero-order chi connectivity index (χ0) is 13.0. The van der Waals surface area contributed by atoms with E-state index >= 15 is 0 Å². The number of pyridine rings is 1. The Balaban J connectivity index is 2.23. The summed E-state index contributed by atoms with van der Waals surface area (Å²) in [5.41, 5.74) is 1.59. The molecule has 1 aliphatic rings. The van der Waals surface area contributed by atoms with Crippen molar-refractivity contribution in [2.45, 2.75) is 13.0 Å². The fourth-order valence-electron chi connectivity index (χ4n) is 1.66. The van der Waals surface area contributed by atoms with Crippen molar-refractivity contribution in [1.82, 2.24) is 10.3 Å². The summed E-state index contributed by atoms with van der Waals surface area (Å²) in [6.45, 7) is 0.955. The number of amides is 1. The summed E-state index contributed by atoms with van der Waals surface area (Å²) < 4.78 is 0. The van der Waals surface area contributed by atoms with E-state index < -0.39 is 5.97 Å². The molecular formula is C12H14N3O3+. The number of carbonyl (C=O) groups excluding carboxylic acids is 2. The molecule has 0 spiro atoms. The number of nitrogens with zero attached hydrogens (tertiary/aromatic N) is 1. The second-order valence-electron chi connectivity index (χ2n) is 3.93. The molecule has 0 saturated carbocycles. The van der Waals surface area contributed by atoms with Crippen LogP contribution in [0.15, 0.2) is 18.3 Å². The van der Waals surface area contributed by atoms with Crippen LogP contribution in [-0.2, 0) is 16.1 Å². The molecule has 18 heavy (non-hydrogen) atoms. The van der Waals surface area contributed by atoms with Gasteiger partial charge in [0.1, 0.15) is 5.82 Å². The largest absolute Gasteiger partial charge is 0.561 e. The van der Waals surface area contributed by atoms with Crippen LogP contribution in [0.1, 0.15) is 17.5 Å². The number of hydrogen-bond acceptors (Lipinski definition) is 4. The van der Waals surface area contributed by atoms with Gasteiger partial charge in [0.05, 0.1) is 6.08 Å². The van der Waals surface area contributed by atoms with Gasteiger partial charge >= 0.3 is 5.97 Å². The Morgan fingerprint density at radius 2 is 2.28 bits per heavy atom. The molecule has 6 heteroatoms. The molecular weight excluding hydrogens is 234 g/mol. The van der Waals surface area contributed by atoms with Crippen LogP contribution in [0.4, 0.5) is 5.82 Å². The van der Waals surface area contributed by atoms with Gasteiger partial charge in [-0.2, -0.15) is 0 Å². The summed E-state index contributed by atoms with van der Waals surface area (Å²) in [7, 11) is 0. The van der Waals surface area contributed by atoms with Crippen molar-refractivity contribution in [1.29, 1.82) is 0 Å². The average Bonchev–Trinajstić information content (AvgIpc) is 2.33. The van der Waals surface area contributed by atoms with Crippen LogP contribution < -0.4 is 10.6 Å². The predicted octanol–water partition coefficient (Wildman–Crippen LogP) is -0.222. The van der Waals surface area contributed by atoms with E-state index in [4.69, 9.17) is 5.11 Å². The van der Waals surface area contributed by atoms with Crippen LogP contribution in [0.2, 0.25) is 0 Å². The van der Waals surface area contributed by atoms with Crippen LogP contribution in [0.25, 0.3) is 6.08 Å². The first-order chi connectivity index (χ1) is 8.65. The highest BCUT2D eigenvalue weighted by molar-refractivity contribution is 5.85. The maximum absolute atomic E-state index is 11.3. The van der Waals surface area contributed by atoms with Gasteiger partial charge in [0, 0.05) is 36.1 Å².